The molecule has 0 aliphatic carbocycles. The van der Waals surface area contributed by atoms with Crippen LogP contribution in [0.1, 0.15) is 75.7 Å². The molecule has 6 heteroatoms. The highest BCUT2D eigenvalue weighted by Gasteiger charge is 2.41. The Morgan fingerprint density at radius 3 is 1.24 bits per heavy atom. The van der Waals surface area contributed by atoms with Gasteiger partial charge in [-0.2, -0.15) is 0 Å². The van der Waals surface area contributed by atoms with Crippen molar-refractivity contribution >= 4 is 17.1 Å². The number of hydrogen-bond acceptors (Lipinski definition) is 4. The van der Waals surface area contributed by atoms with Crippen molar-refractivity contribution < 1.29 is 17.7 Å². The van der Waals surface area contributed by atoms with Crippen LogP contribution in [0.3, 0.4) is 0 Å². The zero-order chi connectivity index (χ0) is 20.1. The maximum Gasteiger partial charge on any atom is 0.335 e. The summed E-state index contributed by atoms with van der Waals surface area (Å²) >= 11 is 0. The maximum atomic E-state index is 6.43. The molecule has 0 saturated heterocycles. The number of rotatable bonds is 10. The Morgan fingerprint density at radius 1 is 0.640 bits per heavy atom. The second-order valence-corrected chi connectivity index (χ2v) is 16.3. The van der Waals surface area contributed by atoms with Crippen molar-refractivity contribution in [2.24, 2.45) is 0 Å². The minimum absolute atomic E-state index is 0.190. The van der Waals surface area contributed by atoms with Crippen molar-refractivity contribution in [3.8, 4) is 0 Å². The Morgan fingerprint density at radius 2 is 0.960 bits per heavy atom. The van der Waals surface area contributed by atoms with Crippen LogP contribution in [0.5, 0.6) is 0 Å². The van der Waals surface area contributed by atoms with Gasteiger partial charge in [0.25, 0.3) is 0 Å². The summed E-state index contributed by atoms with van der Waals surface area (Å²) in [5.74, 6) is 0. The lowest BCUT2D eigenvalue weighted by Crippen LogP contribution is -2.50. The Kier molecular flexibility index (Phi) is 9.57. The summed E-state index contributed by atoms with van der Waals surface area (Å²) in [5, 5.41) is 0. The fraction of sp³-hybridized carbons (Fsp3) is 1.00. The van der Waals surface area contributed by atoms with Gasteiger partial charge in [0.15, 0.2) is 0 Å². The van der Waals surface area contributed by atoms with Gasteiger partial charge in [-0.3, -0.25) is 0 Å². The lowest BCUT2D eigenvalue weighted by molar-refractivity contribution is 0.0174. The zero-order valence-corrected chi connectivity index (χ0v) is 20.9. The van der Waals surface area contributed by atoms with E-state index in [0.29, 0.717) is 0 Å². The lowest BCUT2D eigenvalue weighted by atomic mass is 10.2. The van der Waals surface area contributed by atoms with Crippen LogP contribution in [0.4, 0.5) is 0 Å². The molecular formula is C19H44O4Si2. The smallest absolute Gasteiger partial charge is 0.335 e. The fourth-order valence-electron chi connectivity index (χ4n) is 3.29. The largest absolute Gasteiger partial charge is 0.392 e. The summed E-state index contributed by atoms with van der Waals surface area (Å²) < 4.78 is 25.3. The van der Waals surface area contributed by atoms with E-state index in [-0.39, 0.29) is 23.4 Å². The van der Waals surface area contributed by atoms with Gasteiger partial charge in [-0.1, -0.05) is 0 Å². The van der Waals surface area contributed by atoms with E-state index in [2.05, 4.69) is 82.3 Å². The van der Waals surface area contributed by atoms with Crippen molar-refractivity contribution in [2.75, 3.05) is 0 Å². The molecule has 25 heavy (non-hydrogen) atoms. The quantitative estimate of drug-likeness (QED) is 0.427. The van der Waals surface area contributed by atoms with Gasteiger partial charge >= 0.3 is 17.1 Å². The predicted octanol–water partition coefficient (Wildman–Crippen LogP) is 6.00. The van der Waals surface area contributed by atoms with Gasteiger partial charge in [0, 0.05) is 12.2 Å². The molecule has 0 rings (SSSR count). The van der Waals surface area contributed by atoms with Crippen LogP contribution in [-0.4, -0.2) is 40.5 Å². The van der Waals surface area contributed by atoms with Crippen LogP contribution in [0.15, 0.2) is 0 Å². The first-order valence-corrected chi connectivity index (χ1v) is 14.8. The summed E-state index contributed by atoms with van der Waals surface area (Å²) in [6.45, 7) is 25.3. The molecule has 0 N–H and O–H groups in total. The van der Waals surface area contributed by atoms with Crippen molar-refractivity contribution in [1.82, 2.24) is 0 Å². The fourth-order valence-corrected chi connectivity index (χ4v) is 10.4. The Bertz CT molecular complexity index is 358. The molecule has 0 aromatic heterocycles. The standard InChI is InChI=1S/C19H44O4Si2/c1-16(2)20-24(11,21-17(3)4)14-13-15-25(12,22-18(5,6)7)23-19(8,9)10/h16-17H,13-15H2,1-12H3. The van der Waals surface area contributed by atoms with Gasteiger partial charge in [-0.25, -0.2) is 0 Å². The van der Waals surface area contributed by atoms with E-state index in [1.54, 1.807) is 0 Å². The molecule has 0 heterocycles. The second kappa shape index (κ2) is 9.46. The lowest BCUT2D eigenvalue weighted by Gasteiger charge is -2.39. The van der Waals surface area contributed by atoms with Gasteiger partial charge in [0.05, 0.1) is 11.2 Å². The van der Waals surface area contributed by atoms with E-state index in [1.165, 1.54) is 0 Å². The van der Waals surface area contributed by atoms with Crippen LogP contribution in [-0.2, 0) is 17.7 Å². The molecule has 4 nitrogen and oxygen atoms in total. The molecule has 0 aliphatic heterocycles. The zero-order valence-electron chi connectivity index (χ0n) is 18.9. The first-order chi connectivity index (χ1) is 11.0. The van der Waals surface area contributed by atoms with Crippen LogP contribution in [0.25, 0.3) is 0 Å². The molecule has 0 unspecified atom stereocenters. The third-order valence-corrected chi connectivity index (χ3v) is 9.83. The minimum Gasteiger partial charge on any atom is -0.392 e. The SMILES string of the molecule is CC(C)O[Si](C)(CCC[Si](C)(OC(C)(C)C)OC(C)(C)C)OC(C)C. The molecule has 0 spiro atoms. The van der Waals surface area contributed by atoms with Gasteiger partial charge in [-0.15, -0.1) is 0 Å². The normalized spacial score (nSPS) is 14.6. The van der Waals surface area contributed by atoms with E-state index < -0.39 is 17.1 Å². The molecule has 0 bridgehead atoms. The van der Waals surface area contributed by atoms with Gasteiger partial charge in [0.2, 0.25) is 0 Å². The first-order valence-electron chi connectivity index (χ1n) is 9.71. The highest BCUT2D eigenvalue weighted by atomic mass is 28.4. The van der Waals surface area contributed by atoms with Crippen LogP contribution >= 0.6 is 0 Å². The van der Waals surface area contributed by atoms with Gasteiger partial charge in [-0.05, 0) is 101 Å². The topological polar surface area (TPSA) is 36.9 Å². The van der Waals surface area contributed by atoms with Crippen LogP contribution < -0.4 is 0 Å². The van der Waals surface area contributed by atoms with E-state index in [4.69, 9.17) is 17.7 Å². The summed E-state index contributed by atoms with van der Waals surface area (Å²) in [6, 6.07) is 1.92. The monoisotopic (exact) mass is 392 g/mol. The molecule has 152 valence electrons. The summed E-state index contributed by atoms with van der Waals surface area (Å²) in [7, 11) is -4.47. The van der Waals surface area contributed by atoms with Crippen molar-refractivity contribution in [3.63, 3.8) is 0 Å². The average Bonchev–Trinajstić information content (AvgIpc) is 2.18. The second-order valence-electron chi connectivity index (χ2n) is 9.88. The summed E-state index contributed by atoms with van der Waals surface area (Å²) in [5.41, 5.74) is -0.397. The third-order valence-electron chi connectivity index (χ3n) is 3.28. The van der Waals surface area contributed by atoms with E-state index in [0.717, 1.165) is 18.5 Å². The van der Waals surface area contributed by atoms with Gasteiger partial charge < -0.3 is 17.7 Å². The summed E-state index contributed by atoms with van der Waals surface area (Å²) in [4.78, 5) is 0. The molecule has 0 fully saturated rings. The van der Waals surface area contributed by atoms with E-state index >= 15 is 0 Å². The third kappa shape index (κ3) is 13.1. The average molecular weight is 393 g/mol. The van der Waals surface area contributed by atoms with Crippen molar-refractivity contribution in [2.45, 2.75) is 124 Å². The molecule has 0 aliphatic rings. The maximum absolute atomic E-state index is 6.43. The summed E-state index contributed by atoms with van der Waals surface area (Å²) in [6.07, 6.45) is 1.39. The van der Waals surface area contributed by atoms with Crippen LogP contribution in [0.2, 0.25) is 25.2 Å². The Hall–Kier alpha value is 0.274. The Balaban J connectivity index is 5.01. The van der Waals surface area contributed by atoms with E-state index in [9.17, 15) is 0 Å². The van der Waals surface area contributed by atoms with Gasteiger partial charge in [0.1, 0.15) is 0 Å². The molecule has 0 aromatic rings. The highest BCUT2D eigenvalue weighted by Crippen LogP contribution is 2.30. The van der Waals surface area contributed by atoms with E-state index in [1.807, 2.05) is 0 Å². The first kappa shape index (κ1) is 25.3. The highest BCUT2D eigenvalue weighted by molar-refractivity contribution is 6.67. The number of hydrogen-bond donors (Lipinski definition) is 0. The Labute approximate surface area is 159 Å². The van der Waals surface area contributed by atoms with Crippen molar-refractivity contribution in [1.29, 1.82) is 0 Å². The molecule has 0 aromatic carbocycles. The molecule has 0 atom stereocenters. The van der Waals surface area contributed by atoms with Crippen LogP contribution in [0, 0.1) is 0 Å². The molecular weight excluding hydrogens is 348 g/mol. The minimum atomic E-state index is -2.29. The van der Waals surface area contributed by atoms with Crippen molar-refractivity contribution in [3.05, 3.63) is 0 Å². The predicted molar refractivity (Wildman–Crippen MR) is 112 cm³/mol. The molecule has 0 amide bonds. The molecule has 0 radical (unpaired) electrons. The molecule has 0 saturated carbocycles.